The van der Waals surface area contributed by atoms with Gasteiger partial charge in [-0.2, -0.15) is 0 Å². The van der Waals surface area contributed by atoms with Crippen molar-refractivity contribution >= 4 is 11.7 Å². The first kappa shape index (κ1) is 16.5. The van der Waals surface area contributed by atoms with Gasteiger partial charge in [0, 0.05) is 11.6 Å². The molecule has 0 saturated carbocycles. The van der Waals surface area contributed by atoms with Gasteiger partial charge in [-0.25, -0.2) is 4.79 Å². The molecule has 0 bridgehead atoms. The van der Waals surface area contributed by atoms with E-state index in [-0.39, 0.29) is 11.3 Å². The monoisotopic (exact) mass is 315 g/mol. The number of rotatable bonds is 6. The lowest BCUT2D eigenvalue weighted by Gasteiger charge is -2.11. The van der Waals surface area contributed by atoms with Gasteiger partial charge in [0.15, 0.2) is 11.5 Å². The summed E-state index contributed by atoms with van der Waals surface area (Å²) in [4.78, 5) is 22.5. The number of nitro groups is 1. The normalized spacial score (nSPS) is 10.2. The summed E-state index contributed by atoms with van der Waals surface area (Å²) in [7, 11) is 0. The van der Waals surface area contributed by atoms with Crippen molar-refractivity contribution in [3.05, 3.63) is 63.7 Å². The molecule has 2 aromatic carbocycles. The molecule has 0 fully saturated rings. The van der Waals surface area contributed by atoms with Crippen LogP contribution in [0.3, 0.4) is 0 Å². The molecule has 23 heavy (non-hydrogen) atoms. The number of benzene rings is 2. The van der Waals surface area contributed by atoms with Crippen molar-refractivity contribution in [2.75, 3.05) is 6.61 Å². The van der Waals surface area contributed by atoms with Crippen LogP contribution in [0, 0.1) is 17.0 Å². The molecule has 2 rings (SSSR count). The van der Waals surface area contributed by atoms with Crippen molar-refractivity contribution < 1.29 is 19.2 Å². The molecular formula is C17H17NO5. The van der Waals surface area contributed by atoms with E-state index >= 15 is 0 Å². The summed E-state index contributed by atoms with van der Waals surface area (Å²) in [5.41, 5.74) is 0.617. The second kappa shape index (κ2) is 7.40. The van der Waals surface area contributed by atoms with Crippen molar-refractivity contribution in [2.45, 2.75) is 20.3 Å². The molecule has 0 aliphatic heterocycles. The Hall–Kier alpha value is -2.89. The number of carbonyl (C=O) groups is 1. The lowest BCUT2D eigenvalue weighted by Crippen LogP contribution is -2.10. The van der Waals surface area contributed by atoms with Crippen molar-refractivity contribution in [2.24, 2.45) is 0 Å². The van der Waals surface area contributed by atoms with Crippen LogP contribution in [-0.2, 0) is 0 Å². The summed E-state index contributed by atoms with van der Waals surface area (Å²) in [6.45, 7) is 4.08. The maximum absolute atomic E-state index is 12.2. The molecule has 0 radical (unpaired) electrons. The van der Waals surface area contributed by atoms with Gasteiger partial charge in [-0.05, 0) is 37.6 Å². The largest absolute Gasteiger partial charge is 0.490 e. The molecule has 0 N–H and O–H groups in total. The number of aryl methyl sites for hydroxylation is 1. The van der Waals surface area contributed by atoms with E-state index in [9.17, 15) is 14.9 Å². The molecule has 0 aromatic heterocycles. The van der Waals surface area contributed by atoms with Gasteiger partial charge < -0.3 is 9.47 Å². The van der Waals surface area contributed by atoms with Gasteiger partial charge in [0.05, 0.1) is 17.1 Å². The van der Waals surface area contributed by atoms with Crippen LogP contribution in [0.4, 0.5) is 5.69 Å². The number of esters is 1. The smallest absolute Gasteiger partial charge is 0.343 e. The molecule has 6 nitrogen and oxygen atoms in total. The second-order valence-corrected chi connectivity index (χ2v) is 4.94. The maximum atomic E-state index is 12.2. The highest BCUT2D eigenvalue weighted by Crippen LogP contribution is 2.28. The summed E-state index contributed by atoms with van der Waals surface area (Å²) in [5, 5.41) is 10.8. The maximum Gasteiger partial charge on any atom is 0.343 e. The van der Waals surface area contributed by atoms with Crippen molar-refractivity contribution in [1.29, 1.82) is 0 Å². The van der Waals surface area contributed by atoms with Crippen LogP contribution >= 0.6 is 0 Å². The average Bonchev–Trinajstić information content (AvgIpc) is 2.53. The molecule has 0 atom stereocenters. The van der Waals surface area contributed by atoms with Crippen LogP contribution in [0.2, 0.25) is 0 Å². The van der Waals surface area contributed by atoms with Crippen molar-refractivity contribution in [3.63, 3.8) is 0 Å². The zero-order valence-electron chi connectivity index (χ0n) is 12.9. The van der Waals surface area contributed by atoms with Crippen LogP contribution in [0.25, 0.3) is 0 Å². The Balaban J connectivity index is 2.19. The fourth-order valence-corrected chi connectivity index (χ4v) is 2.01. The van der Waals surface area contributed by atoms with E-state index in [0.29, 0.717) is 23.7 Å². The molecule has 2 aromatic rings. The minimum Gasteiger partial charge on any atom is -0.490 e. The van der Waals surface area contributed by atoms with E-state index in [1.807, 2.05) is 6.92 Å². The lowest BCUT2D eigenvalue weighted by atomic mass is 10.1. The summed E-state index contributed by atoms with van der Waals surface area (Å²) < 4.78 is 10.9. The highest BCUT2D eigenvalue weighted by atomic mass is 16.6. The Morgan fingerprint density at radius 1 is 1.17 bits per heavy atom. The van der Waals surface area contributed by atoms with Crippen LogP contribution in [0.5, 0.6) is 11.5 Å². The number of nitrogens with zero attached hydrogens (tertiary/aromatic N) is 1. The standard InChI is InChI=1S/C17H17NO5/c1-3-10-22-15-6-4-5-7-16(15)23-17(19)13-8-9-14(18(20)21)12(2)11-13/h4-9,11H,3,10H2,1-2H3. The molecule has 6 heteroatoms. The molecule has 0 spiro atoms. The van der Waals surface area contributed by atoms with Crippen LogP contribution < -0.4 is 9.47 Å². The van der Waals surface area contributed by atoms with Gasteiger partial charge in [-0.3, -0.25) is 10.1 Å². The van der Waals surface area contributed by atoms with Crippen molar-refractivity contribution in [1.82, 2.24) is 0 Å². The third-order valence-electron chi connectivity index (χ3n) is 3.14. The Bertz CT molecular complexity index is 727. The number of para-hydroxylation sites is 2. The van der Waals surface area contributed by atoms with E-state index in [4.69, 9.17) is 9.47 Å². The third kappa shape index (κ3) is 4.06. The molecule has 0 aliphatic rings. The predicted octanol–water partition coefficient (Wildman–Crippen LogP) is 3.91. The SMILES string of the molecule is CCCOc1ccccc1OC(=O)c1ccc([N+](=O)[O-])c(C)c1. The number of carbonyl (C=O) groups excluding carboxylic acids is 1. The fourth-order valence-electron chi connectivity index (χ4n) is 2.01. The molecule has 120 valence electrons. The van der Waals surface area contributed by atoms with E-state index in [2.05, 4.69) is 0 Å². The average molecular weight is 315 g/mol. The van der Waals surface area contributed by atoms with Crippen molar-refractivity contribution in [3.8, 4) is 11.5 Å². The summed E-state index contributed by atoms with van der Waals surface area (Å²) in [6, 6.07) is 11.0. The Morgan fingerprint density at radius 3 is 2.48 bits per heavy atom. The van der Waals surface area contributed by atoms with Gasteiger partial charge in [0.2, 0.25) is 0 Å². The fraction of sp³-hybridized carbons (Fsp3) is 0.235. The minimum atomic E-state index is -0.587. The highest BCUT2D eigenvalue weighted by molar-refractivity contribution is 5.92. The molecular weight excluding hydrogens is 298 g/mol. The van der Waals surface area contributed by atoms with Gasteiger partial charge in [-0.15, -0.1) is 0 Å². The van der Waals surface area contributed by atoms with E-state index in [1.165, 1.54) is 18.2 Å². The van der Waals surface area contributed by atoms with Gasteiger partial charge >= 0.3 is 5.97 Å². The predicted molar refractivity (Wildman–Crippen MR) is 85.0 cm³/mol. The zero-order valence-corrected chi connectivity index (χ0v) is 12.9. The zero-order chi connectivity index (χ0) is 16.8. The molecule has 0 heterocycles. The van der Waals surface area contributed by atoms with Gasteiger partial charge in [0.25, 0.3) is 5.69 Å². The van der Waals surface area contributed by atoms with E-state index < -0.39 is 10.9 Å². The van der Waals surface area contributed by atoms with Crippen LogP contribution in [0.1, 0.15) is 29.3 Å². The number of nitro benzene ring substituents is 1. The summed E-state index contributed by atoms with van der Waals surface area (Å²) in [5.74, 6) is 0.221. The molecule has 0 saturated heterocycles. The first-order chi connectivity index (χ1) is 11.0. The van der Waals surface area contributed by atoms with Crippen LogP contribution in [0.15, 0.2) is 42.5 Å². The minimum absolute atomic E-state index is 0.0340. The Kier molecular flexibility index (Phi) is 5.30. The van der Waals surface area contributed by atoms with Gasteiger partial charge in [-0.1, -0.05) is 19.1 Å². The first-order valence-corrected chi connectivity index (χ1v) is 7.22. The Labute approximate surface area is 133 Å². The molecule has 0 unspecified atom stereocenters. The van der Waals surface area contributed by atoms with E-state index in [0.717, 1.165) is 6.42 Å². The highest BCUT2D eigenvalue weighted by Gasteiger charge is 2.16. The summed E-state index contributed by atoms with van der Waals surface area (Å²) >= 11 is 0. The topological polar surface area (TPSA) is 78.7 Å². The molecule has 0 aliphatic carbocycles. The Morgan fingerprint density at radius 2 is 1.87 bits per heavy atom. The van der Waals surface area contributed by atoms with Gasteiger partial charge in [0.1, 0.15) is 0 Å². The number of hydrogen-bond acceptors (Lipinski definition) is 5. The quantitative estimate of drug-likeness (QED) is 0.349. The number of hydrogen-bond donors (Lipinski definition) is 0. The van der Waals surface area contributed by atoms with E-state index in [1.54, 1.807) is 31.2 Å². The first-order valence-electron chi connectivity index (χ1n) is 7.22. The third-order valence-corrected chi connectivity index (χ3v) is 3.14. The summed E-state index contributed by atoms with van der Waals surface area (Å²) in [6.07, 6.45) is 0.837. The lowest BCUT2D eigenvalue weighted by molar-refractivity contribution is -0.385. The number of ether oxygens (including phenoxy) is 2. The second-order valence-electron chi connectivity index (χ2n) is 4.94. The van der Waals surface area contributed by atoms with Crippen LogP contribution in [-0.4, -0.2) is 17.5 Å². The molecule has 0 amide bonds.